The summed E-state index contributed by atoms with van der Waals surface area (Å²) in [6, 6.07) is 33.7. The second-order valence-corrected chi connectivity index (χ2v) is 13.3. The summed E-state index contributed by atoms with van der Waals surface area (Å²) >= 11 is 2.70. The molecule has 0 bridgehead atoms. The Balaban J connectivity index is 1.30. The summed E-state index contributed by atoms with van der Waals surface area (Å²) in [5, 5.41) is 20.5. The number of anilines is 2. The first-order valence-corrected chi connectivity index (χ1v) is 17.1. The zero-order valence-electron chi connectivity index (χ0n) is 26.7. The molecule has 7 nitrogen and oxygen atoms in total. The van der Waals surface area contributed by atoms with Crippen molar-refractivity contribution in [1.82, 2.24) is 5.32 Å². The Morgan fingerprint density at radius 3 is 2.23 bits per heavy atom. The van der Waals surface area contributed by atoms with Crippen LogP contribution < -0.4 is 16.0 Å². The van der Waals surface area contributed by atoms with Gasteiger partial charge in [-0.15, -0.1) is 23.1 Å². The molecule has 3 N–H and O–H groups in total. The molecular weight excluding hydrogens is 637 g/mol. The van der Waals surface area contributed by atoms with E-state index in [1.807, 2.05) is 86.8 Å². The first-order valence-electron chi connectivity index (χ1n) is 15.4. The van der Waals surface area contributed by atoms with Crippen LogP contribution in [0.1, 0.15) is 46.0 Å². The molecule has 0 fully saturated rings. The minimum atomic E-state index is -0.488. The number of thioether (sulfide) groups is 1. The molecule has 0 spiro atoms. The molecule has 48 heavy (non-hydrogen) atoms. The SMILES string of the molecule is CCC(Sc1cccc(NC(=O)/C(=C\c2ccc(C)cc2)NC(=O)c2ccccc2)c1)C(=O)Nc1scc(-c2ccc(C)cc2)c1C#N. The van der Waals surface area contributed by atoms with Gasteiger partial charge < -0.3 is 16.0 Å². The van der Waals surface area contributed by atoms with E-state index < -0.39 is 17.1 Å². The molecule has 0 aliphatic rings. The Hall–Kier alpha value is -5.43. The van der Waals surface area contributed by atoms with Crippen LogP contribution in [0.15, 0.2) is 119 Å². The molecule has 0 saturated heterocycles. The molecular formula is C39H34N4O3S2. The summed E-state index contributed by atoms with van der Waals surface area (Å²) < 4.78 is 0. The van der Waals surface area contributed by atoms with Gasteiger partial charge >= 0.3 is 0 Å². The number of carbonyl (C=O) groups is 3. The van der Waals surface area contributed by atoms with E-state index >= 15 is 0 Å². The first kappa shape index (κ1) is 33.9. The third kappa shape index (κ3) is 8.68. The summed E-state index contributed by atoms with van der Waals surface area (Å²) in [5.41, 5.74) is 6.14. The molecule has 4 aromatic carbocycles. The Morgan fingerprint density at radius 1 is 0.875 bits per heavy atom. The highest BCUT2D eigenvalue weighted by Crippen LogP contribution is 2.36. The molecule has 0 saturated carbocycles. The molecule has 5 rings (SSSR count). The van der Waals surface area contributed by atoms with Gasteiger partial charge in [-0.1, -0.05) is 90.8 Å². The van der Waals surface area contributed by atoms with Gasteiger partial charge in [0, 0.05) is 27.1 Å². The van der Waals surface area contributed by atoms with Crippen molar-refractivity contribution in [3.8, 4) is 17.2 Å². The standard InChI is InChI=1S/C39H34N4O3S2/c1-4-35(38(46)43-39-32(23-40)33(24-47-39)28-19-15-26(3)16-20-28)48-31-12-8-11-30(22-31)41-37(45)34(21-27-17-13-25(2)14-18-27)42-36(44)29-9-6-5-7-10-29/h5-22,24,35H,4H2,1-3H3,(H,41,45)(H,42,44)(H,43,46)/b34-21+. The smallest absolute Gasteiger partial charge is 0.272 e. The predicted octanol–water partition coefficient (Wildman–Crippen LogP) is 8.82. The number of nitriles is 1. The Labute approximate surface area is 288 Å². The Kier molecular flexibility index (Phi) is 11.2. The maximum Gasteiger partial charge on any atom is 0.272 e. The number of carbonyl (C=O) groups excluding carboxylic acids is 3. The van der Waals surface area contributed by atoms with Crippen LogP contribution in [0.5, 0.6) is 0 Å². The average Bonchev–Trinajstić information content (AvgIpc) is 3.50. The van der Waals surface area contributed by atoms with E-state index in [0.29, 0.717) is 28.2 Å². The monoisotopic (exact) mass is 670 g/mol. The lowest BCUT2D eigenvalue weighted by atomic mass is 10.0. The minimum Gasteiger partial charge on any atom is -0.321 e. The van der Waals surface area contributed by atoms with Crippen LogP contribution in [0, 0.1) is 25.2 Å². The third-order valence-electron chi connectivity index (χ3n) is 7.45. The zero-order valence-corrected chi connectivity index (χ0v) is 28.4. The van der Waals surface area contributed by atoms with Crippen LogP contribution >= 0.6 is 23.1 Å². The first-order chi connectivity index (χ1) is 23.2. The highest BCUT2D eigenvalue weighted by molar-refractivity contribution is 8.00. The van der Waals surface area contributed by atoms with E-state index in [4.69, 9.17) is 0 Å². The van der Waals surface area contributed by atoms with Crippen molar-refractivity contribution in [2.24, 2.45) is 0 Å². The van der Waals surface area contributed by atoms with Gasteiger partial charge in [-0.2, -0.15) is 5.26 Å². The van der Waals surface area contributed by atoms with Crippen LogP contribution in [0.2, 0.25) is 0 Å². The second-order valence-electron chi connectivity index (χ2n) is 11.1. The molecule has 0 radical (unpaired) electrons. The lowest BCUT2D eigenvalue weighted by molar-refractivity contribution is -0.116. The Bertz CT molecular complexity index is 1990. The van der Waals surface area contributed by atoms with Gasteiger partial charge in [0.05, 0.1) is 10.8 Å². The molecule has 3 amide bonds. The van der Waals surface area contributed by atoms with Gasteiger partial charge in [-0.25, -0.2) is 0 Å². The lowest BCUT2D eigenvalue weighted by Gasteiger charge is -2.16. The van der Waals surface area contributed by atoms with Crippen LogP contribution in [0.4, 0.5) is 10.7 Å². The van der Waals surface area contributed by atoms with E-state index in [1.165, 1.54) is 23.1 Å². The number of rotatable bonds is 11. The molecule has 1 atom stereocenters. The summed E-state index contributed by atoms with van der Waals surface area (Å²) in [4.78, 5) is 40.7. The van der Waals surface area contributed by atoms with Crippen molar-refractivity contribution in [2.45, 2.75) is 37.3 Å². The van der Waals surface area contributed by atoms with Crippen LogP contribution in [-0.4, -0.2) is 23.0 Å². The van der Waals surface area contributed by atoms with Crippen molar-refractivity contribution >= 4 is 57.6 Å². The molecule has 9 heteroatoms. The van der Waals surface area contributed by atoms with Crippen molar-refractivity contribution in [3.05, 3.63) is 142 Å². The molecule has 240 valence electrons. The highest BCUT2D eigenvalue weighted by Gasteiger charge is 2.22. The molecule has 1 heterocycles. The topological polar surface area (TPSA) is 111 Å². The fourth-order valence-corrected chi connectivity index (χ4v) is 6.74. The van der Waals surface area contributed by atoms with Gasteiger partial charge in [-0.05, 0) is 67.8 Å². The molecule has 1 aromatic heterocycles. The van der Waals surface area contributed by atoms with Crippen molar-refractivity contribution in [3.63, 3.8) is 0 Å². The van der Waals surface area contributed by atoms with Crippen LogP contribution in [-0.2, 0) is 9.59 Å². The van der Waals surface area contributed by atoms with Crippen LogP contribution in [0.3, 0.4) is 0 Å². The van der Waals surface area contributed by atoms with E-state index in [0.717, 1.165) is 32.7 Å². The van der Waals surface area contributed by atoms with Gasteiger partial charge in [0.2, 0.25) is 5.91 Å². The van der Waals surface area contributed by atoms with Crippen LogP contribution in [0.25, 0.3) is 17.2 Å². The molecule has 0 aliphatic heterocycles. The molecule has 0 aliphatic carbocycles. The number of benzene rings is 4. The summed E-state index contributed by atoms with van der Waals surface area (Å²) in [5.74, 6) is -1.10. The number of hydrogen-bond acceptors (Lipinski definition) is 6. The zero-order chi connectivity index (χ0) is 34.0. The maximum atomic E-state index is 13.5. The molecule has 1 unspecified atom stereocenters. The van der Waals surface area contributed by atoms with E-state index in [2.05, 4.69) is 22.0 Å². The maximum absolute atomic E-state index is 13.5. The number of thiophene rings is 1. The lowest BCUT2D eigenvalue weighted by Crippen LogP contribution is -2.30. The van der Waals surface area contributed by atoms with Gasteiger partial charge in [0.25, 0.3) is 11.8 Å². The van der Waals surface area contributed by atoms with Gasteiger partial charge in [0.1, 0.15) is 16.8 Å². The average molecular weight is 671 g/mol. The highest BCUT2D eigenvalue weighted by atomic mass is 32.2. The van der Waals surface area contributed by atoms with Crippen molar-refractivity contribution in [1.29, 1.82) is 5.26 Å². The quantitative estimate of drug-likeness (QED) is 0.0961. The summed E-state index contributed by atoms with van der Waals surface area (Å²) in [7, 11) is 0. The van der Waals surface area contributed by atoms with Gasteiger partial charge in [0.15, 0.2) is 0 Å². The number of nitrogens with one attached hydrogen (secondary N) is 3. The number of nitrogens with zero attached hydrogens (tertiary/aromatic N) is 1. The summed E-state index contributed by atoms with van der Waals surface area (Å²) in [6.07, 6.45) is 2.18. The molecule has 5 aromatic rings. The number of hydrogen-bond donors (Lipinski definition) is 3. The third-order valence-corrected chi connectivity index (χ3v) is 9.71. The normalized spacial score (nSPS) is 11.7. The fourth-order valence-electron chi connectivity index (χ4n) is 4.80. The van der Waals surface area contributed by atoms with E-state index in [1.54, 1.807) is 48.5 Å². The number of amides is 3. The predicted molar refractivity (Wildman–Crippen MR) is 196 cm³/mol. The Morgan fingerprint density at radius 2 is 1.56 bits per heavy atom. The van der Waals surface area contributed by atoms with Crippen molar-refractivity contribution < 1.29 is 14.4 Å². The van der Waals surface area contributed by atoms with Gasteiger partial charge in [-0.3, -0.25) is 14.4 Å². The largest absolute Gasteiger partial charge is 0.321 e. The fraction of sp³-hybridized carbons (Fsp3) is 0.128. The minimum absolute atomic E-state index is 0.0887. The van der Waals surface area contributed by atoms with Crippen molar-refractivity contribution in [2.75, 3.05) is 10.6 Å². The van der Waals surface area contributed by atoms with E-state index in [9.17, 15) is 19.6 Å². The second kappa shape index (κ2) is 15.9. The summed E-state index contributed by atoms with van der Waals surface area (Å²) in [6.45, 7) is 5.91. The van der Waals surface area contributed by atoms with E-state index in [-0.39, 0.29) is 11.6 Å². The number of aryl methyl sites for hydroxylation is 2.